The molecule has 6 aromatic carbocycles. The molecule has 0 spiro atoms. The minimum Gasteiger partial charge on any atom is -0.507 e. The van der Waals surface area contributed by atoms with Gasteiger partial charge in [-0.05, 0) is 71.8 Å². The van der Waals surface area contributed by atoms with Crippen LogP contribution in [0.15, 0.2) is 72.8 Å². The fourth-order valence-corrected chi connectivity index (χ4v) is 6.81. The Morgan fingerprint density at radius 2 is 0.843 bits per heavy atom. The molecule has 0 aliphatic rings. The number of benzene rings is 6. The summed E-state index contributed by atoms with van der Waals surface area (Å²) in [5, 5.41) is 69.7. The second-order valence-electron chi connectivity index (χ2n) is 13.1. The maximum Gasteiger partial charge on any atom is 0.169 e. The monoisotopic (exact) mass is 687 g/mol. The van der Waals surface area contributed by atoms with Crippen molar-refractivity contribution in [3.05, 3.63) is 106 Å². The van der Waals surface area contributed by atoms with Crippen molar-refractivity contribution >= 4 is 45.5 Å². The molecule has 0 bridgehead atoms. The van der Waals surface area contributed by atoms with Crippen LogP contribution in [0.3, 0.4) is 0 Å². The maximum atomic E-state index is 12.0. The van der Waals surface area contributed by atoms with Crippen LogP contribution in [0.25, 0.3) is 32.7 Å². The van der Waals surface area contributed by atoms with E-state index in [1.807, 2.05) is 60.7 Å². The Labute approximate surface area is 295 Å². The van der Waals surface area contributed by atoms with Crippen LogP contribution in [0.1, 0.15) is 82.5 Å². The fourth-order valence-electron chi connectivity index (χ4n) is 6.81. The topological polar surface area (TPSA) is 168 Å². The smallest absolute Gasteiger partial charge is 0.169 e. The van der Waals surface area contributed by atoms with E-state index in [1.165, 1.54) is 0 Å². The lowest BCUT2D eigenvalue weighted by atomic mass is 9.83. The van der Waals surface area contributed by atoms with Gasteiger partial charge in [0.15, 0.2) is 35.6 Å². The summed E-state index contributed by atoms with van der Waals surface area (Å²) < 4.78 is 0. The second kappa shape index (κ2) is 14.3. The van der Waals surface area contributed by atoms with Gasteiger partial charge in [-0.25, -0.2) is 0 Å². The zero-order valence-electron chi connectivity index (χ0n) is 29.2. The molecule has 0 heterocycles. The third-order valence-corrected chi connectivity index (χ3v) is 9.06. The zero-order valence-corrected chi connectivity index (χ0v) is 29.2. The van der Waals surface area contributed by atoms with Gasteiger partial charge in [0, 0.05) is 44.4 Å². The first kappa shape index (κ1) is 36.1. The van der Waals surface area contributed by atoms with Crippen molar-refractivity contribution in [1.82, 2.24) is 0 Å². The van der Waals surface area contributed by atoms with Gasteiger partial charge in [-0.15, -0.1) is 0 Å². The largest absolute Gasteiger partial charge is 0.507 e. The summed E-state index contributed by atoms with van der Waals surface area (Å²) in [6.07, 6.45) is 0.682. The Hall–Kier alpha value is -6.22. The molecule has 262 valence electrons. The molecule has 9 heteroatoms. The lowest BCUT2D eigenvalue weighted by Crippen LogP contribution is -2.01. The van der Waals surface area contributed by atoms with Crippen LogP contribution >= 0.6 is 0 Å². The van der Waals surface area contributed by atoms with Crippen molar-refractivity contribution < 1.29 is 40.2 Å². The molecule has 6 aromatic rings. The maximum absolute atomic E-state index is 12.0. The van der Waals surface area contributed by atoms with Gasteiger partial charge in [0.1, 0.15) is 11.5 Å². The first-order valence-corrected chi connectivity index (χ1v) is 16.5. The molecular formula is C42H41NO8. The van der Waals surface area contributed by atoms with E-state index in [2.05, 4.69) is 5.32 Å². The number of hydrogen-bond acceptors (Lipinski definition) is 9. The molecule has 0 aliphatic heterocycles. The van der Waals surface area contributed by atoms with Gasteiger partial charge in [0.05, 0.1) is 11.1 Å². The van der Waals surface area contributed by atoms with E-state index in [9.17, 15) is 40.2 Å². The number of rotatable bonds is 7. The Balaban J connectivity index is 0.000000323. The molecule has 0 saturated heterocycles. The minimum absolute atomic E-state index is 0.00512. The molecule has 0 fully saturated rings. The number of phenolic OH excluding ortho intramolecular Hbond substituents is 6. The quantitative estimate of drug-likeness (QED) is 0.0638. The number of hydrogen-bond donors (Lipinski definition) is 7. The summed E-state index contributed by atoms with van der Waals surface area (Å²) in [5.41, 5.74) is 3.57. The number of para-hydroxylation sites is 2. The molecule has 0 unspecified atom stereocenters. The summed E-state index contributed by atoms with van der Waals surface area (Å²) in [6.45, 7) is 10.5. The highest BCUT2D eigenvalue weighted by Gasteiger charge is 2.29. The van der Waals surface area contributed by atoms with Gasteiger partial charge < -0.3 is 36.0 Å². The van der Waals surface area contributed by atoms with Gasteiger partial charge in [-0.1, -0.05) is 76.2 Å². The number of fused-ring (bicyclic) bond motifs is 2. The summed E-state index contributed by atoms with van der Waals surface area (Å²) >= 11 is 0. The number of anilines is 2. The van der Waals surface area contributed by atoms with E-state index in [0.717, 1.165) is 11.4 Å². The summed E-state index contributed by atoms with van der Waals surface area (Å²) in [4.78, 5) is 24.0. The Kier molecular flexibility index (Phi) is 10.1. The molecule has 0 atom stereocenters. The van der Waals surface area contributed by atoms with Crippen LogP contribution in [0.2, 0.25) is 0 Å². The zero-order chi connectivity index (χ0) is 37.3. The third kappa shape index (κ3) is 6.34. The van der Waals surface area contributed by atoms with Crippen molar-refractivity contribution in [2.24, 2.45) is 0 Å². The minimum atomic E-state index is -0.661. The number of aromatic hydroxyl groups is 6. The van der Waals surface area contributed by atoms with Crippen molar-refractivity contribution in [2.75, 3.05) is 5.32 Å². The van der Waals surface area contributed by atoms with E-state index in [-0.39, 0.29) is 44.9 Å². The average Bonchev–Trinajstić information content (AvgIpc) is 3.09. The van der Waals surface area contributed by atoms with Gasteiger partial charge in [0.2, 0.25) is 0 Å². The molecule has 6 rings (SSSR count). The average molecular weight is 688 g/mol. The lowest BCUT2D eigenvalue weighted by molar-refractivity contribution is 0.111. The fraction of sp³-hybridized carbons (Fsp3) is 0.190. The normalized spacial score (nSPS) is 11.1. The van der Waals surface area contributed by atoms with E-state index in [4.69, 9.17) is 0 Å². The second-order valence-corrected chi connectivity index (χ2v) is 13.1. The summed E-state index contributed by atoms with van der Waals surface area (Å²) in [5.74, 6) is -3.57. The highest BCUT2D eigenvalue weighted by Crippen LogP contribution is 2.54. The predicted octanol–water partition coefficient (Wildman–Crippen LogP) is 9.81. The molecular weight excluding hydrogens is 646 g/mol. The van der Waals surface area contributed by atoms with Crippen LogP contribution in [-0.4, -0.2) is 43.2 Å². The SMILES string of the molecule is Cc1cc2c(C(C)C)c(O)c(O)c(C=O)c2c(O)c1-c1c(C)cc2c(C(C)C)c(O)c(O)c(C=O)c2c1O.c1ccc(Nc2ccccc2)cc1. The van der Waals surface area contributed by atoms with Crippen LogP contribution in [0, 0.1) is 13.8 Å². The molecule has 0 radical (unpaired) electrons. The molecule has 9 nitrogen and oxygen atoms in total. The Morgan fingerprint density at radius 3 is 1.14 bits per heavy atom. The number of aryl methyl sites for hydroxylation is 2. The standard InChI is InChI=1S/C30H30O8.C12H11N/c1-11(2)19-15-7-13(5)21(27(35)23(15)17(9-31)25(33)29(19)37)22-14(6)8-16-20(12(3)4)30(38)26(34)18(10-32)24(16)28(22)36;1-3-7-11(8-4-1)13-12-9-5-2-6-10-12/h7-12,33-38H,1-6H3;1-10,13H. The van der Waals surface area contributed by atoms with Gasteiger partial charge in [-0.2, -0.15) is 0 Å². The molecule has 0 saturated carbocycles. The van der Waals surface area contributed by atoms with Crippen molar-refractivity contribution in [3.63, 3.8) is 0 Å². The van der Waals surface area contributed by atoms with Crippen LogP contribution < -0.4 is 5.32 Å². The van der Waals surface area contributed by atoms with Crippen molar-refractivity contribution in [1.29, 1.82) is 0 Å². The summed E-state index contributed by atoms with van der Waals surface area (Å²) in [7, 11) is 0. The van der Waals surface area contributed by atoms with E-state index in [0.29, 0.717) is 45.6 Å². The molecule has 51 heavy (non-hydrogen) atoms. The van der Waals surface area contributed by atoms with Crippen molar-refractivity contribution in [2.45, 2.75) is 53.4 Å². The van der Waals surface area contributed by atoms with E-state index in [1.54, 1.807) is 53.7 Å². The highest BCUT2D eigenvalue weighted by atomic mass is 16.3. The Bertz CT molecular complexity index is 2130. The van der Waals surface area contributed by atoms with E-state index >= 15 is 0 Å². The number of nitrogens with one attached hydrogen (secondary N) is 1. The number of carbonyl (C=O) groups is 2. The Morgan fingerprint density at radius 1 is 0.510 bits per heavy atom. The number of aldehydes is 2. The van der Waals surface area contributed by atoms with Crippen LogP contribution in [0.5, 0.6) is 34.5 Å². The first-order chi connectivity index (χ1) is 24.2. The first-order valence-electron chi connectivity index (χ1n) is 16.5. The third-order valence-electron chi connectivity index (χ3n) is 9.06. The predicted molar refractivity (Wildman–Crippen MR) is 201 cm³/mol. The van der Waals surface area contributed by atoms with E-state index < -0.39 is 34.5 Å². The van der Waals surface area contributed by atoms with Crippen molar-refractivity contribution in [3.8, 4) is 45.6 Å². The van der Waals surface area contributed by atoms with Gasteiger partial charge in [-0.3, -0.25) is 9.59 Å². The molecule has 0 aliphatic carbocycles. The highest BCUT2D eigenvalue weighted by molar-refractivity contribution is 6.14. The molecule has 7 N–H and O–H groups in total. The lowest BCUT2D eigenvalue weighted by Gasteiger charge is -2.23. The van der Waals surface area contributed by atoms with Gasteiger partial charge in [0.25, 0.3) is 0 Å². The van der Waals surface area contributed by atoms with Crippen LogP contribution in [-0.2, 0) is 0 Å². The summed E-state index contributed by atoms with van der Waals surface area (Å²) in [6, 6.07) is 23.6. The number of carbonyl (C=O) groups excluding carboxylic acids is 2. The van der Waals surface area contributed by atoms with Crippen LogP contribution in [0.4, 0.5) is 11.4 Å². The molecule has 0 amide bonds. The number of phenols is 6. The van der Waals surface area contributed by atoms with Gasteiger partial charge >= 0.3 is 0 Å². The molecule has 0 aromatic heterocycles.